The molecule has 2 unspecified atom stereocenters. The topological polar surface area (TPSA) is 63.8 Å². The molecule has 1 saturated carbocycles. The van der Waals surface area contributed by atoms with Crippen molar-refractivity contribution in [3.05, 3.63) is 24.5 Å². The zero-order valence-electron chi connectivity index (χ0n) is 12.1. The third kappa shape index (κ3) is 2.69. The van der Waals surface area contributed by atoms with Gasteiger partial charge < -0.3 is 11.1 Å². The van der Waals surface area contributed by atoms with Crippen molar-refractivity contribution in [3.63, 3.8) is 0 Å². The number of nitrogens with one attached hydrogen (secondary N) is 1. The summed E-state index contributed by atoms with van der Waals surface area (Å²) in [6.07, 6.45) is 5.37. The van der Waals surface area contributed by atoms with Gasteiger partial charge in [-0.3, -0.25) is 0 Å². The van der Waals surface area contributed by atoms with Crippen LogP contribution in [0, 0.1) is 11.8 Å². The van der Waals surface area contributed by atoms with E-state index in [1.54, 1.807) is 6.33 Å². The molecule has 2 aromatic rings. The quantitative estimate of drug-likeness (QED) is 0.820. The standard InChI is InChI=1S/C16H22N4/c1-10-5-11(2)7-13(6-10)20-16-14-4-3-12(17)8-15(14)18-9-19-16/h3-4,8-11,13H,5-7,17H2,1-2H3,(H,18,19,20). The molecule has 1 aliphatic carbocycles. The van der Waals surface area contributed by atoms with Crippen LogP contribution in [0.2, 0.25) is 0 Å². The molecule has 1 fully saturated rings. The molecule has 3 N–H and O–H groups in total. The van der Waals surface area contributed by atoms with Crippen molar-refractivity contribution in [2.45, 2.75) is 39.2 Å². The summed E-state index contributed by atoms with van der Waals surface area (Å²) >= 11 is 0. The fourth-order valence-corrected chi connectivity index (χ4v) is 3.45. The highest BCUT2D eigenvalue weighted by atomic mass is 15.0. The number of benzene rings is 1. The van der Waals surface area contributed by atoms with Gasteiger partial charge in [-0.05, 0) is 49.3 Å². The summed E-state index contributed by atoms with van der Waals surface area (Å²) in [7, 11) is 0. The van der Waals surface area contributed by atoms with Crippen molar-refractivity contribution >= 4 is 22.4 Å². The van der Waals surface area contributed by atoms with Gasteiger partial charge >= 0.3 is 0 Å². The zero-order valence-corrected chi connectivity index (χ0v) is 12.1. The minimum Gasteiger partial charge on any atom is -0.399 e. The number of hydrogen-bond acceptors (Lipinski definition) is 4. The molecule has 0 radical (unpaired) electrons. The Hall–Kier alpha value is -1.84. The van der Waals surface area contributed by atoms with E-state index in [2.05, 4.69) is 29.1 Å². The Labute approximate surface area is 119 Å². The third-order valence-corrected chi connectivity index (χ3v) is 4.18. The molecule has 106 valence electrons. The Morgan fingerprint density at radius 3 is 2.60 bits per heavy atom. The van der Waals surface area contributed by atoms with Crippen LogP contribution >= 0.6 is 0 Å². The minimum atomic E-state index is 0.504. The largest absolute Gasteiger partial charge is 0.399 e. The van der Waals surface area contributed by atoms with Crippen LogP contribution in [0.3, 0.4) is 0 Å². The molecule has 0 aliphatic heterocycles. The minimum absolute atomic E-state index is 0.504. The molecule has 20 heavy (non-hydrogen) atoms. The molecular weight excluding hydrogens is 248 g/mol. The van der Waals surface area contributed by atoms with Crippen molar-refractivity contribution in [1.82, 2.24) is 9.97 Å². The predicted octanol–water partition coefficient (Wildman–Crippen LogP) is 3.45. The molecule has 1 aromatic heterocycles. The van der Waals surface area contributed by atoms with E-state index in [-0.39, 0.29) is 0 Å². The molecule has 2 atom stereocenters. The Morgan fingerprint density at radius 2 is 1.85 bits per heavy atom. The first kappa shape index (κ1) is 13.2. The monoisotopic (exact) mass is 270 g/mol. The summed E-state index contributed by atoms with van der Waals surface area (Å²) in [6, 6.07) is 6.31. The Kier molecular flexibility index (Phi) is 3.47. The number of nitrogen functional groups attached to an aromatic ring is 1. The lowest BCUT2D eigenvalue weighted by atomic mass is 9.80. The Morgan fingerprint density at radius 1 is 1.10 bits per heavy atom. The lowest BCUT2D eigenvalue weighted by Crippen LogP contribution is -2.30. The summed E-state index contributed by atoms with van der Waals surface area (Å²) in [5, 5.41) is 4.66. The smallest absolute Gasteiger partial charge is 0.137 e. The molecule has 3 rings (SSSR count). The number of nitrogens with two attached hydrogens (primary N) is 1. The predicted molar refractivity (Wildman–Crippen MR) is 83.5 cm³/mol. The molecule has 1 heterocycles. The first-order valence-electron chi connectivity index (χ1n) is 7.38. The summed E-state index contributed by atoms with van der Waals surface area (Å²) in [6.45, 7) is 4.67. The molecule has 4 nitrogen and oxygen atoms in total. The maximum atomic E-state index is 5.81. The number of anilines is 2. The van der Waals surface area contributed by atoms with Gasteiger partial charge in [-0.2, -0.15) is 0 Å². The number of fused-ring (bicyclic) bond motifs is 1. The van der Waals surface area contributed by atoms with E-state index in [0.29, 0.717) is 6.04 Å². The van der Waals surface area contributed by atoms with Crippen molar-refractivity contribution in [2.24, 2.45) is 11.8 Å². The number of aromatic nitrogens is 2. The highest BCUT2D eigenvalue weighted by molar-refractivity contribution is 5.90. The van der Waals surface area contributed by atoms with E-state index in [1.807, 2.05) is 18.2 Å². The van der Waals surface area contributed by atoms with Gasteiger partial charge in [0.1, 0.15) is 12.1 Å². The molecule has 0 saturated heterocycles. The lowest BCUT2D eigenvalue weighted by molar-refractivity contribution is 0.280. The van der Waals surface area contributed by atoms with Crippen molar-refractivity contribution in [2.75, 3.05) is 11.1 Å². The van der Waals surface area contributed by atoms with E-state index in [1.165, 1.54) is 19.3 Å². The van der Waals surface area contributed by atoms with E-state index >= 15 is 0 Å². The summed E-state index contributed by atoms with van der Waals surface area (Å²) in [4.78, 5) is 8.71. The van der Waals surface area contributed by atoms with Gasteiger partial charge in [-0.1, -0.05) is 13.8 Å². The van der Waals surface area contributed by atoms with E-state index in [4.69, 9.17) is 5.73 Å². The SMILES string of the molecule is CC1CC(C)CC(Nc2ncnc3cc(N)ccc23)C1. The van der Waals surface area contributed by atoms with Gasteiger partial charge in [0.05, 0.1) is 5.52 Å². The van der Waals surface area contributed by atoms with E-state index in [9.17, 15) is 0 Å². The number of hydrogen-bond donors (Lipinski definition) is 2. The van der Waals surface area contributed by atoms with Gasteiger partial charge in [0.2, 0.25) is 0 Å². The fraction of sp³-hybridized carbons (Fsp3) is 0.500. The third-order valence-electron chi connectivity index (χ3n) is 4.18. The van der Waals surface area contributed by atoms with E-state index in [0.717, 1.165) is 34.2 Å². The van der Waals surface area contributed by atoms with Crippen molar-refractivity contribution in [3.8, 4) is 0 Å². The fourth-order valence-electron chi connectivity index (χ4n) is 3.45. The normalized spacial score (nSPS) is 26.6. The molecule has 4 heteroatoms. The maximum Gasteiger partial charge on any atom is 0.137 e. The molecule has 1 aromatic carbocycles. The van der Waals surface area contributed by atoms with Crippen LogP contribution in [0.1, 0.15) is 33.1 Å². The van der Waals surface area contributed by atoms with Crippen molar-refractivity contribution in [1.29, 1.82) is 0 Å². The summed E-state index contributed by atoms with van der Waals surface area (Å²) in [5.41, 5.74) is 7.45. The molecule has 1 aliphatic rings. The van der Waals surface area contributed by atoms with Gasteiger partial charge in [-0.15, -0.1) is 0 Å². The van der Waals surface area contributed by atoms with Crippen LogP contribution in [0.4, 0.5) is 11.5 Å². The second kappa shape index (κ2) is 5.27. The highest BCUT2D eigenvalue weighted by Crippen LogP contribution is 2.31. The first-order valence-corrected chi connectivity index (χ1v) is 7.38. The lowest BCUT2D eigenvalue weighted by Gasteiger charge is -2.32. The summed E-state index contributed by atoms with van der Waals surface area (Å²) in [5.74, 6) is 2.49. The van der Waals surface area contributed by atoms with Crippen molar-refractivity contribution < 1.29 is 0 Å². The van der Waals surface area contributed by atoms with Crippen LogP contribution in [0.15, 0.2) is 24.5 Å². The first-order chi connectivity index (χ1) is 9.61. The van der Waals surface area contributed by atoms with Gasteiger partial charge in [0, 0.05) is 17.1 Å². The van der Waals surface area contributed by atoms with Crippen LogP contribution in [-0.2, 0) is 0 Å². The second-order valence-electron chi connectivity index (χ2n) is 6.26. The van der Waals surface area contributed by atoms with E-state index < -0.39 is 0 Å². The zero-order chi connectivity index (χ0) is 14.1. The number of nitrogens with zero attached hydrogens (tertiary/aromatic N) is 2. The Bertz CT molecular complexity index is 600. The van der Waals surface area contributed by atoms with Crippen LogP contribution < -0.4 is 11.1 Å². The highest BCUT2D eigenvalue weighted by Gasteiger charge is 2.24. The molecule has 0 amide bonds. The molecular formula is C16H22N4. The Balaban J connectivity index is 1.87. The average molecular weight is 270 g/mol. The molecule has 0 spiro atoms. The van der Waals surface area contributed by atoms with Gasteiger partial charge in [0.15, 0.2) is 0 Å². The number of rotatable bonds is 2. The van der Waals surface area contributed by atoms with Crippen LogP contribution in [0.25, 0.3) is 10.9 Å². The van der Waals surface area contributed by atoms with Gasteiger partial charge in [0.25, 0.3) is 0 Å². The van der Waals surface area contributed by atoms with Crippen LogP contribution in [-0.4, -0.2) is 16.0 Å². The van der Waals surface area contributed by atoms with Gasteiger partial charge in [-0.25, -0.2) is 9.97 Å². The summed E-state index contributed by atoms with van der Waals surface area (Å²) < 4.78 is 0. The second-order valence-corrected chi connectivity index (χ2v) is 6.26. The molecule has 0 bridgehead atoms. The van der Waals surface area contributed by atoms with Crippen LogP contribution in [0.5, 0.6) is 0 Å². The average Bonchev–Trinajstić information content (AvgIpc) is 2.37. The maximum absolute atomic E-state index is 5.81.